The Kier molecular flexibility index (Phi) is 4.99. The van der Waals surface area contributed by atoms with Gasteiger partial charge >= 0.3 is 0 Å². The summed E-state index contributed by atoms with van der Waals surface area (Å²) in [6.45, 7) is 5.04. The van der Waals surface area contributed by atoms with E-state index >= 15 is 0 Å². The van der Waals surface area contributed by atoms with Crippen molar-refractivity contribution in [3.05, 3.63) is 35.4 Å². The smallest absolute Gasteiger partial charge is 0.225 e. The first-order valence-corrected chi connectivity index (χ1v) is 8.75. The number of hydrogen-bond donors (Lipinski definition) is 0. The molecule has 0 radical (unpaired) electrons. The summed E-state index contributed by atoms with van der Waals surface area (Å²) in [7, 11) is 0. The molecular formula is C19H26N2O2. The van der Waals surface area contributed by atoms with Crippen LogP contribution in [0.15, 0.2) is 24.3 Å². The van der Waals surface area contributed by atoms with Gasteiger partial charge in [0.2, 0.25) is 11.8 Å². The van der Waals surface area contributed by atoms with Gasteiger partial charge in [-0.15, -0.1) is 0 Å². The van der Waals surface area contributed by atoms with Crippen LogP contribution in [0.2, 0.25) is 0 Å². The van der Waals surface area contributed by atoms with Gasteiger partial charge in [-0.05, 0) is 38.2 Å². The molecule has 0 atom stereocenters. The topological polar surface area (TPSA) is 40.6 Å². The minimum atomic E-state index is 0.214. The molecule has 2 aliphatic rings. The third kappa shape index (κ3) is 4.34. The van der Waals surface area contributed by atoms with Crippen LogP contribution in [0, 0.1) is 12.8 Å². The summed E-state index contributed by atoms with van der Waals surface area (Å²) < 4.78 is 0. The number of aryl methyl sites for hydroxylation is 2. The zero-order valence-corrected chi connectivity index (χ0v) is 14.0. The van der Waals surface area contributed by atoms with Gasteiger partial charge in [0, 0.05) is 38.5 Å². The quantitative estimate of drug-likeness (QED) is 0.856. The van der Waals surface area contributed by atoms with E-state index in [-0.39, 0.29) is 11.8 Å². The summed E-state index contributed by atoms with van der Waals surface area (Å²) in [5.74, 6) is 0.795. The van der Waals surface area contributed by atoms with E-state index in [1.807, 2.05) is 9.80 Å². The maximum atomic E-state index is 12.4. The Morgan fingerprint density at radius 3 is 2.35 bits per heavy atom. The maximum absolute atomic E-state index is 12.4. The first-order valence-electron chi connectivity index (χ1n) is 8.75. The van der Waals surface area contributed by atoms with Gasteiger partial charge in [0.15, 0.2) is 0 Å². The van der Waals surface area contributed by atoms with Gasteiger partial charge in [-0.1, -0.05) is 29.8 Å². The molecule has 1 heterocycles. The van der Waals surface area contributed by atoms with Gasteiger partial charge in [0.05, 0.1) is 0 Å². The number of hydrogen-bond acceptors (Lipinski definition) is 2. The lowest BCUT2D eigenvalue weighted by Gasteiger charge is -2.22. The lowest BCUT2D eigenvalue weighted by molar-refractivity contribution is -0.134. The third-order valence-electron chi connectivity index (χ3n) is 4.84. The second kappa shape index (κ2) is 7.16. The molecule has 0 bridgehead atoms. The van der Waals surface area contributed by atoms with Crippen LogP contribution in [-0.4, -0.2) is 47.8 Å². The van der Waals surface area contributed by atoms with E-state index in [4.69, 9.17) is 0 Å². The lowest BCUT2D eigenvalue weighted by atomic mass is 10.1. The third-order valence-corrected chi connectivity index (χ3v) is 4.84. The van der Waals surface area contributed by atoms with Crippen molar-refractivity contribution in [3.8, 4) is 0 Å². The molecule has 4 nitrogen and oxygen atoms in total. The predicted octanol–water partition coefficient (Wildman–Crippen LogP) is 2.40. The van der Waals surface area contributed by atoms with Crippen LogP contribution >= 0.6 is 0 Å². The highest BCUT2D eigenvalue weighted by Crippen LogP contribution is 2.31. The van der Waals surface area contributed by atoms with E-state index in [0.717, 1.165) is 38.8 Å². The molecule has 1 saturated heterocycles. The highest BCUT2D eigenvalue weighted by Gasteiger charge is 2.34. The molecule has 0 N–H and O–H groups in total. The van der Waals surface area contributed by atoms with Crippen molar-refractivity contribution in [2.24, 2.45) is 5.92 Å². The molecule has 3 rings (SSSR count). The number of carbonyl (C=O) groups excluding carboxylic acids is 2. The largest absolute Gasteiger partial charge is 0.341 e. The average molecular weight is 314 g/mol. The number of nitrogens with zero attached hydrogens (tertiary/aromatic N) is 2. The van der Waals surface area contributed by atoms with Crippen molar-refractivity contribution < 1.29 is 9.59 Å². The Balaban J connectivity index is 1.47. The van der Waals surface area contributed by atoms with Gasteiger partial charge in [-0.3, -0.25) is 9.59 Å². The number of amides is 2. The van der Waals surface area contributed by atoms with Crippen LogP contribution in [0.4, 0.5) is 0 Å². The minimum Gasteiger partial charge on any atom is -0.341 e. The molecule has 1 aliphatic heterocycles. The van der Waals surface area contributed by atoms with Crippen molar-refractivity contribution in [2.75, 3.05) is 26.2 Å². The number of benzene rings is 1. The van der Waals surface area contributed by atoms with E-state index in [1.54, 1.807) is 0 Å². The molecule has 124 valence electrons. The molecule has 0 spiro atoms. The van der Waals surface area contributed by atoms with E-state index in [2.05, 4.69) is 31.2 Å². The zero-order valence-electron chi connectivity index (χ0n) is 14.0. The van der Waals surface area contributed by atoms with Crippen LogP contribution in [0.3, 0.4) is 0 Å². The summed E-state index contributed by atoms with van der Waals surface area (Å²) >= 11 is 0. The summed E-state index contributed by atoms with van der Waals surface area (Å²) in [5, 5.41) is 0. The highest BCUT2D eigenvalue weighted by atomic mass is 16.2. The van der Waals surface area contributed by atoms with Crippen molar-refractivity contribution in [1.29, 1.82) is 0 Å². The number of carbonyl (C=O) groups is 2. The fraction of sp³-hybridized carbons (Fsp3) is 0.579. The van der Waals surface area contributed by atoms with Crippen molar-refractivity contribution in [3.63, 3.8) is 0 Å². The standard InChI is InChI=1S/C19H26N2O2/c1-15-3-5-16(6-4-15)7-10-18(22)20-11-2-12-21(14-13-20)19(23)17-8-9-17/h3-6,17H,2,7-14H2,1H3. The van der Waals surface area contributed by atoms with Gasteiger partial charge < -0.3 is 9.80 Å². The monoisotopic (exact) mass is 314 g/mol. The lowest BCUT2D eigenvalue weighted by Crippen LogP contribution is -2.38. The van der Waals surface area contributed by atoms with Crippen molar-refractivity contribution >= 4 is 11.8 Å². The Hall–Kier alpha value is -1.84. The predicted molar refractivity (Wildman–Crippen MR) is 90.0 cm³/mol. The number of rotatable bonds is 4. The first-order chi connectivity index (χ1) is 11.1. The molecule has 2 fully saturated rings. The molecule has 1 saturated carbocycles. The fourth-order valence-corrected chi connectivity index (χ4v) is 3.14. The molecule has 1 aromatic carbocycles. The van der Waals surface area contributed by atoms with Gasteiger partial charge in [-0.2, -0.15) is 0 Å². The maximum Gasteiger partial charge on any atom is 0.225 e. The Labute approximate surface area is 138 Å². The van der Waals surface area contributed by atoms with Gasteiger partial charge in [0.1, 0.15) is 0 Å². The molecule has 4 heteroatoms. The average Bonchev–Trinajstić information content (AvgIpc) is 3.39. The molecule has 2 amide bonds. The zero-order chi connectivity index (χ0) is 16.2. The summed E-state index contributed by atoms with van der Waals surface area (Å²) in [5.41, 5.74) is 2.46. The molecule has 0 unspecified atom stereocenters. The van der Waals surface area contributed by atoms with E-state index in [0.29, 0.717) is 25.4 Å². The minimum absolute atomic E-state index is 0.214. The van der Waals surface area contributed by atoms with Crippen molar-refractivity contribution in [1.82, 2.24) is 9.80 Å². The van der Waals surface area contributed by atoms with Crippen LogP contribution < -0.4 is 0 Å². The first kappa shape index (κ1) is 16.0. The van der Waals surface area contributed by atoms with E-state index in [1.165, 1.54) is 11.1 Å². The molecule has 23 heavy (non-hydrogen) atoms. The Morgan fingerprint density at radius 1 is 1.00 bits per heavy atom. The normalized spacial score (nSPS) is 18.7. The summed E-state index contributed by atoms with van der Waals surface area (Å²) in [4.78, 5) is 28.5. The summed E-state index contributed by atoms with van der Waals surface area (Å²) in [6, 6.07) is 8.38. The van der Waals surface area contributed by atoms with Crippen LogP contribution in [-0.2, 0) is 16.0 Å². The van der Waals surface area contributed by atoms with E-state index < -0.39 is 0 Å². The fourth-order valence-electron chi connectivity index (χ4n) is 3.14. The molecular weight excluding hydrogens is 288 g/mol. The summed E-state index contributed by atoms with van der Waals surface area (Å²) in [6.07, 6.45) is 4.34. The Bertz CT molecular complexity index is 563. The van der Waals surface area contributed by atoms with E-state index in [9.17, 15) is 9.59 Å². The van der Waals surface area contributed by atoms with Gasteiger partial charge in [0.25, 0.3) is 0 Å². The molecule has 1 aliphatic carbocycles. The SMILES string of the molecule is Cc1ccc(CCC(=O)N2CCCN(C(=O)C3CC3)CC2)cc1. The van der Waals surface area contributed by atoms with Gasteiger partial charge in [-0.25, -0.2) is 0 Å². The highest BCUT2D eigenvalue weighted by molar-refractivity contribution is 5.81. The second-order valence-corrected chi connectivity index (χ2v) is 6.82. The van der Waals surface area contributed by atoms with Crippen LogP contribution in [0.1, 0.15) is 36.8 Å². The molecule has 0 aromatic heterocycles. The molecule has 1 aromatic rings. The second-order valence-electron chi connectivity index (χ2n) is 6.82. The van der Waals surface area contributed by atoms with Crippen molar-refractivity contribution in [2.45, 2.75) is 39.0 Å². The van der Waals surface area contributed by atoms with Crippen LogP contribution in [0.25, 0.3) is 0 Å². The van der Waals surface area contributed by atoms with Crippen LogP contribution in [0.5, 0.6) is 0 Å². The Morgan fingerprint density at radius 2 is 1.65 bits per heavy atom.